The zero-order valence-corrected chi connectivity index (χ0v) is 17.4. The van der Waals surface area contributed by atoms with Crippen LogP contribution < -0.4 is 0 Å². The van der Waals surface area contributed by atoms with Crippen LogP contribution in [0, 0.1) is 0 Å². The molecule has 2 fully saturated rings. The van der Waals surface area contributed by atoms with Crippen LogP contribution in [0.15, 0.2) is 40.6 Å². The lowest BCUT2D eigenvalue weighted by Gasteiger charge is -2.42. The van der Waals surface area contributed by atoms with Gasteiger partial charge in [-0.1, -0.05) is 41.1 Å². The molecule has 1 nitrogen and oxygen atoms in total. The summed E-state index contributed by atoms with van der Waals surface area (Å²) < 4.78 is 0. The van der Waals surface area contributed by atoms with Gasteiger partial charge in [0.1, 0.15) is 0 Å². The first-order valence-corrected chi connectivity index (χ1v) is 12.3. The van der Waals surface area contributed by atoms with Crippen LogP contribution in [-0.4, -0.2) is 29.0 Å². The summed E-state index contributed by atoms with van der Waals surface area (Å²) in [7, 11) is 0. The maximum Gasteiger partial charge on any atom is 0.0357 e. The normalized spacial score (nSPS) is 21.3. The average molecular weight is 457 g/mol. The first kappa shape index (κ1) is 17.6. The third-order valence-corrected chi connectivity index (χ3v) is 6.54. The molecule has 2 aromatic heterocycles. The maximum atomic E-state index is 2.74. The van der Waals surface area contributed by atoms with Crippen LogP contribution in [-0.2, 0) is 0 Å². The summed E-state index contributed by atoms with van der Waals surface area (Å²) in [5.41, 5.74) is 3.27. The smallest absolute Gasteiger partial charge is 0.0357 e. The molecule has 0 amide bonds. The van der Waals surface area contributed by atoms with E-state index in [2.05, 4.69) is 62.5 Å². The monoisotopic (exact) mass is 457 g/mol. The van der Waals surface area contributed by atoms with E-state index in [1.165, 1.54) is 54.9 Å². The molecule has 4 heterocycles. The van der Waals surface area contributed by atoms with Crippen molar-refractivity contribution in [3.05, 3.63) is 50.4 Å². The van der Waals surface area contributed by atoms with Crippen LogP contribution in [0.2, 0.25) is 0 Å². The Balaban J connectivity index is 0.000000753. The largest absolute Gasteiger partial charge is 0.297 e. The number of alkyl halides is 1. The lowest BCUT2D eigenvalue weighted by Crippen LogP contribution is -2.44. The van der Waals surface area contributed by atoms with Gasteiger partial charge in [0.25, 0.3) is 0 Å². The predicted octanol–water partition coefficient (Wildman–Crippen LogP) is 6.31. The molecule has 1 unspecified atom stereocenters. The molecule has 0 N–H and O–H groups in total. The van der Waals surface area contributed by atoms with Crippen molar-refractivity contribution < 1.29 is 0 Å². The molecule has 0 bridgehead atoms. The molecular formula is C19H24INS2. The standard InChI is InChI=1S/C18H21NS2.CH3I/c1-2-10-19-11-3-6-14(15(19)7-1)18(16-8-4-12-20-16)17-9-5-13-21-17;1-2/h4-5,8-9,12-13,15H,1-3,6-7,10-11H2;1H3. The first-order valence-electron chi connectivity index (χ1n) is 8.36. The van der Waals surface area contributed by atoms with Gasteiger partial charge in [-0.05, 0) is 72.2 Å². The SMILES string of the molecule is CI.c1csc(C(=C2CCCN3CCCCC23)c2cccs2)c1. The molecule has 0 radical (unpaired) electrons. The number of rotatable bonds is 2. The van der Waals surface area contributed by atoms with Crippen molar-refractivity contribution in [3.63, 3.8) is 0 Å². The highest BCUT2D eigenvalue weighted by Crippen LogP contribution is 2.40. The van der Waals surface area contributed by atoms with E-state index in [0.29, 0.717) is 6.04 Å². The maximum absolute atomic E-state index is 2.74. The topological polar surface area (TPSA) is 3.24 Å². The van der Waals surface area contributed by atoms with E-state index >= 15 is 0 Å². The number of fused-ring (bicyclic) bond motifs is 1. The van der Waals surface area contributed by atoms with Crippen LogP contribution in [0.5, 0.6) is 0 Å². The Bertz CT molecular complexity index is 578. The molecule has 2 aliphatic rings. The summed E-state index contributed by atoms with van der Waals surface area (Å²) in [5, 5.41) is 4.43. The third kappa shape index (κ3) is 3.91. The van der Waals surface area contributed by atoms with Crippen molar-refractivity contribution in [2.24, 2.45) is 0 Å². The van der Waals surface area contributed by atoms with Crippen molar-refractivity contribution in [3.8, 4) is 0 Å². The Morgan fingerprint density at radius 3 is 2.26 bits per heavy atom. The summed E-state index contributed by atoms with van der Waals surface area (Å²) in [6, 6.07) is 9.68. The van der Waals surface area contributed by atoms with E-state index in [9.17, 15) is 0 Å². The molecule has 4 heteroatoms. The molecule has 0 saturated carbocycles. The summed E-state index contributed by atoms with van der Waals surface area (Å²) >= 11 is 5.94. The zero-order valence-electron chi connectivity index (χ0n) is 13.6. The minimum atomic E-state index is 0.701. The number of hydrogen-bond acceptors (Lipinski definition) is 3. The second-order valence-corrected chi connectivity index (χ2v) is 7.90. The fraction of sp³-hybridized carbons (Fsp3) is 0.474. The highest BCUT2D eigenvalue weighted by Gasteiger charge is 2.31. The molecule has 1 atom stereocenters. The van der Waals surface area contributed by atoms with E-state index in [0.717, 1.165) is 0 Å². The minimum absolute atomic E-state index is 0.701. The van der Waals surface area contributed by atoms with E-state index in [4.69, 9.17) is 0 Å². The summed E-state index contributed by atoms with van der Waals surface area (Å²) in [4.78, 5) is 7.63. The Kier molecular flexibility index (Phi) is 6.74. The number of piperidine rings is 2. The van der Waals surface area contributed by atoms with Crippen LogP contribution in [0.25, 0.3) is 5.57 Å². The van der Waals surface area contributed by atoms with Crippen LogP contribution in [0.1, 0.15) is 41.9 Å². The Morgan fingerprint density at radius 1 is 1.00 bits per heavy atom. The second-order valence-electron chi connectivity index (χ2n) is 6.01. The number of halogens is 1. The molecule has 4 rings (SSSR count). The predicted molar refractivity (Wildman–Crippen MR) is 113 cm³/mol. The van der Waals surface area contributed by atoms with E-state index < -0.39 is 0 Å². The van der Waals surface area contributed by atoms with Crippen molar-refractivity contribution in [1.29, 1.82) is 0 Å². The summed E-state index contributed by atoms with van der Waals surface area (Å²) in [6.45, 7) is 2.60. The van der Waals surface area contributed by atoms with Gasteiger partial charge >= 0.3 is 0 Å². The first-order chi connectivity index (χ1) is 11.4. The molecule has 124 valence electrons. The van der Waals surface area contributed by atoms with E-state index in [1.54, 1.807) is 11.1 Å². The van der Waals surface area contributed by atoms with Crippen molar-refractivity contribution in [2.75, 3.05) is 18.0 Å². The van der Waals surface area contributed by atoms with Gasteiger partial charge in [0.2, 0.25) is 0 Å². The van der Waals surface area contributed by atoms with Crippen LogP contribution in [0.3, 0.4) is 0 Å². The van der Waals surface area contributed by atoms with Gasteiger partial charge in [0.05, 0.1) is 0 Å². The number of thiophene rings is 2. The molecule has 2 saturated heterocycles. The number of nitrogens with zero attached hydrogens (tertiary/aromatic N) is 1. The molecule has 2 aliphatic heterocycles. The average Bonchev–Trinajstić information content (AvgIpc) is 3.32. The van der Waals surface area contributed by atoms with Crippen molar-refractivity contribution in [2.45, 2.75) is 38.1 Å². The van der Waals surface area contributed by atoms with Crippen LogP contribution >= 0.6 is 45.3 Å². The van der Waals surface area contributed by atoms with E-state index in [1.807, 2.05) is 27.6 Å². The molecule has 0 aliphatic carbocycles. The van der Waals surface area contributed by atoms with Gasteiger partial charge in [0, 0.05) is 21.4 Å². The third-order valence-electron chi connectivity index (χ3n) is 4.76. The molecule has 0 spiro atoms. The number of hydrogen-bond donors (Lipinski definition) is 0. The zero-order chi connectivity index (χ0) is 16.1. The molecule has 23 heavy (non-hydrogen) atoms. The molecule has 2 aromatic rings. The lowest BCUT2D eigenvalue weighted by atomic mass is 9.84. The van der Waals surface area contributed by atoms with Gasteiger partial charge in [-0.25, -0.2) is 0 Å². The second kappa shape index (κ2) is 8.79. The van der Waals surface area contributed by atoms with Gasteiger partial charge in [0.15, 0.2) is 0 Å². The highest BCUT2D eigenvalue weighted by molar-refractivity contribution is 14.1. The minimum Gasteiger partial charge on any atom is -0.297 e. The molecular weight excluding hydrogens is 433 g/mol. The van der Waals surface area contributed by atoms with Gasteiger partial charge in [-0.15, -0.1) is 22.7 Å². The highest BCUT2D eigenvalue weighted by atomic mass is 127. The fourth-order valence-corrected chi connectivity index (χ4v) is 5.57. The van der Waals surface area contributed by atoms with Crippen molar-refractivity contribution >= 4 is 50.8 Å². The quantitative estimate of drug-likeness (QED) is 0.377. The fourth-order valence-electron chi connectivity index (χ4n) is 3.86. The Labute approximate surface area is 161 Å². The Hall–Kier alpha value is -0.170. The Morgan fingerprint density at radius 2 is 1.65 bits per heavy atom. The molecule has 0 aromatic carbocycles. The van der Waals surface area contributed by atoms with E-state index in [-0.39, 0.29) is 0 Å². The van der Waals surface area contributed by atoms with Gasteiger partial charge in [-0.2, -0.15) is 0 Å². The van der Waals surface area contributed by atoms with Gasteiger partial charge < -0.3 is 0 Å². The van der Waals surface area contributed by atoms with Crippen molar-refractivity contribution in [1.82, 2.24) is 4.90 Å². The van der Waals surface area contributed by atoms with Gasteiger partial charge in [-0.3, -0.25) is 4.90 Å². The summed E-state index contributed by atoms with van der Waals surface area (Å²) in [5.74, 6) is 0. The lowest BCUT2D eigenvalue weighted by molar-refractivity contribution is 0.148. The van der Waals surface area contributed by atoms with Crippen LogP contribution in [0.4, 0.5) is 0 Å². The summed E-state index contributed by atoms with van der Waals surface area (Å²) in [6.07, 6.45) is 6.75.